The SMILES string of the molecule is CC(C)C1=CN(CCCC(=O)O)C(=O)CC1(C)c1ccc(OCCC(F)(F)F)cc1. The fourth-order valence-electron chi connectivity index (χ4n) is 3.74. The predicted octanol–water partition coefficient (Wildman–Crippen LogP) is 4.91. The second-order valence-corrected chi connectivity index (χ2v) is 8.07. The zero-order valence-electron chi connectivity index (χ0n) is 17.5. The number of nitrogens with zero attached hydrogens (tertiary/aromatic N) is 1. The maximum atomic E-state index is 12.7. The minimum atomic E-state index is -4.26. The highest BCUT2D eigenvalue weighted by molar-refractivity contribution is 5.81. The molecule has 1 aliphatic heterocycles. The number of ether oxygens (including phenoxy) is 1. The molecule has 0 fully saturated rings. The Labute approximate surface area is 174 Å². The summed E-state index contributed by atoms with van der Waals surface area (Å²) in [6, 6.07) is 6.82. The first kappa shape index (κ1) is 23.8. The van der Waals surface area contributed by atoms with Crippen molar-refractivity contribution in [2.45, 2.75) is 58.0 Å². The van der Waals surface area contributed by atoms with Crippen LogP contribution in [0.15, 0.2) is 36.0 Å². The Hall–Kier alpha value is -2.51. The summed E-state index contributed by atoms with van der Waals surface area (Å²) < 4.78 is 42.0. The van der Waals surface area contributed by atoms with Gasteiger partial charge < -0.3 is 14.7 Å². The molecule has 1 N–H and O–H groups in total. The predicted molar refractivity (Wildman–Crippen MR) is 106 cm³/mol. The van der Waals surface area contributed by atoms with Crippen LogP contribution in [0.1, 0.15) is 52.0 Å². The van der Waals surface area contributed by atoms with Gasteiger partial charge in [0, 0.05) is 31.0 Å². The zero-order valence-corrected chi connectivity index (χ0v) is 17.5. The second-order valence-electron chi connectivity index (χ2n) is 8.07. The van der Waals surface area contributed by atoms with Crippen molar-refractivity contribution in [2.75, 3.05) is 13.2 Å². The third-order valence-corrected chi connectivity index (χ3v) is 5.31. The van der Waals surface area contributed by atoms with E-state index in [9.17, 15) is 22.8 Å². The van der Waals surface area contributed by atoms with Crippen molar-refractivity contribution < 1.29 is 32.6 Å². The number of benzene rings is 1. The van der Waals surface area contributed by atoms with Gasteiger partial charge in [-0.1, -0.05) is 32.9 Å². The van der Waals surface area contributed by atoms with Gasteiger partial charge in [0.1, 0.15) is 5.75 Å². The summed E-state index contributed by atoms with van der Waals surface area (Å²) >= 11 is 0. The highest BCUT2D eigenvalue weighted by Gasteiger charge is 2.40. The van der Waals surface area contributed by atoms with E-state index in [1.807, 2.05) is 27.0 Å². The molecule has 1 aromatic rings. The van der Waals surface area contributed by atoms with Crippen LogP contribution in [-0.2, 0) is 15.0 Å². The van der Waals surface area contributed by atoms with E-state index in [4.69, 9.17) is 9.84 Å². The Bertz CT molecular complexity index is 787. The van der Waals surface area contributed by atoms with Crippen LogP contribution in [0.2, 0.25) is 0 Å². The van der Waals surface area contributed by atoms with Crippen molar-refractivity contribution in [2.24, 2.45) is 5.92 Å². The normalized spacial score (nSPS) is 19.8. The maximum absolute atomic E-state index is 12.7. The average molecular weight is 427 g/mol. The van der Waals surface area contributed by atoms with Gasteiger partial charge in [0.2, 0.25) is 5.91 Å². The summed E-state index contributed by atoms with van der Waals surface area (Å²) in [5.74, 6) is -0.486. The Morgan fingerprint density at radius 2 is 1.90 bits per heavy atom. The monoisotopic (exact) mass is 427 g/mol. The largest absolute Gasteiger partial charge is 0.493 e. The van der Waals surface area contributed by atoms with Crippen molar-refractivity contribution in [1.29, 1.82) is 0 Å². The standard InChI is InChI=1S/C22H28F3NO4/c1-15(2)18-14-26(11-4-5-20(28)29)19(27)13-21(18,3)16-6-8-17(9-7-16)30-12-10-22(23,24)25/h6-9,14-15H,4-5,10-13H2,1-3H3,(H,28,29). The molecule has 0 bridgehead atoms. The van der Waals surface area contributed by atoms with Gasteiger partial charge in [-0.25, -0.2) is 0 Å². The Morgan fingerprint density at radius 1 is 1.27 bits per heavy atom. The number of hydrogen-bond donors (Lipinski definition) is 1. The summed E-state index contributed by atoms with van der Waals surface area (Å²) in [6.07, 6.45) is -2.84. The number of carbonyl (C=O) groups is 2. The number of carboxylic acid groups (broad SMARTS) is 1. The van der Waals surface area contributed by atoms with Crippen molar-refractivity contribution in [3.8, 4) is 5.75 Å². The number of carbonyl (C=O) groups excluding carboxylic acids is 1. The molecule has 1 aromatic carbocycles. The number of halogens is 3. The number of amides is 1. The lowest BCUT2D eigenvalue weighted by Crippen LogP contribution is -2.42. The molecule has 5 nitrogen and oxygen atoms in total. The molecule has 1 heterocycles. The fraction of sp³-hybridized carbons (Fsp3) is 0.545. The Morgan fingerprint density at radius 3 is 2.43 bits per heavy atom. The lowest BCUT2D eigenvalue weighted by Gasteiger charge is -2.41. The molecule has 1 amide bonds. The average Bonchev–Trinajstić information content (AvgIpc) is 2.62. The van der Waals surface area contributed by atoms with E-state index < -0.39 is 30.6 Å². The third kappa shape index (κ3) is 6.24. The highest BCUT2D eigenvalue weighted by atomic mass is 19.4. The number of hydrogen-bond acceptors (Lipinski definition) is 3. The van der Waals surface area contributed by atoms with Crippen LogP contribution in [-0.4, -0.2) is 41.2 Å². The van der Waals surface area contributed by atoms with E-state index in [0.717, 1.165) is 11.1 Å². The summed E-state index contributed by atoms with van der Waals surface area (Å²) in [5, 5.41) is 8.81. The van der Waals surface area contributed by atoms with Gasteiger partial charge in [-0.05, 0) is 35.6 Å². The minimum absolute atomic E-state index is 0.00169. The van der Waals surface area contributed by atoms with Gasteiger partial charge in [-0.2, -0.15) is 13.2 Å². The molecule has 1 unspecified atom stereocenters. The molecule has 1 atom stereocenters. The first-order valence-corrected chi connectivity index (χ1v) is 9.96. The van der Waals surface area contributed by atoms with Gasteiger partial charge >= 0.3 is 12.1 Å². The molecule has 2 rings (SSSR count). The molecule has 166 valence electrons. The number of alkyl halides is 3. The quantitative estimate of drug-likeness (QED) is 0.608. The number of aliphatic carboxylic acids is 1. The van der Waals surface area contributed by atoms with Crippen LogP contribution in [0.3, 0.4) is 0 Å². The molecule has 1 aliphatic rings. The van der Waals surface area contributed by atoms with E-state index >= 15 is 0 Å². The van der Waals surface area contributed by atoms with Gasteiger partial charge in [0.25, 0.3) is 0 Å². The smallest absolute Gasteiger partial charge is 0.392 e. The zero-order chi connectivity index (χ0) is 22.5. The van der Waals surface area contributed by atoms with Crippen LogP contribution in [0.4, 0.5) is 13.2 Å². The molecule has 30 heavy (non-hydrogen) atoms. The molecular weight excluding hydrogens is 399 g/mol. The van der Waals surface area contributed by atoms with Crippen molar-refractivity contribution >= 4 is 11.9 Å². The maximum Gasteiger partial charge on any atom is 0.392 e. The van der Waals surface area contributed by atoms with E-state index in [1.54, 1.807) is 29.2 Å². The van der Waals surface area contributed by atoms with E-state index in [-0.39, 0.29) is 24.7 Å². The summed E-state index contributed by atoms with van der Waals surface area (Å²) in [5.41, 5.74) is 1.37. The molecule has 0 saturated heterocycles. The summed E-state index contributed by atoms with van der Waals surface area (Å²) in [6.45, 7) is 5.95. The van der Waals surface area contributed by atoms with Crippen molar-refractivity contribution in [3.05, 3.63) is 41.6 Å². The lowest BCUT2D eigenvalue weighted by molar-refractivity contribution is -0.139. The van der Waals surface area contributed by atoms with Crippen LogP contribution < -0.4 is 4.74 Å². The number of allylic oxidation sites excluding steroid dienone is 1. The minimum Gasteiger partial charge on any atom is -0.493 e. The molecule has 0 radical (unpaired) electrons. The lowest BCUT2D eigenvalue weighted by atomic mass is 9.68. The molecule has 0 spiro atoms. The van der Waals surface area contributed by atoms with Gasteiger partial charge in [-0.3, -0.25) is 9.59 Å². The summed E-state index contributed by atoms with van der Waals surface area (Å²) in [7, 11) is 0. The van der Waals surface area contributed by atoms with Gasteiger partial charge in [-0.15, -0.1) is 0 Å². The summed E-state index contributed by atoms with van der Waals surface area (Å²) in [4.78, 5) is 25.1. The molecule has 0 aromatic heterocycles. The first-order valence-electron chi connectivity index (χ1n) is 9.96. The van der Waals surface area contributed by atoms with Crippen LogP contribution >= 0.6 is 0 Å². The topological polar surface area (TPSA) is 66.8 Å². The van der Waals surface area contributed by atoms with Crippen LogP contribution in [0.5, 0.6) is 5.75 Å². The van der Waals surface area contributed by atoms with E-state index in [2.05, 4.69) is 0 Å². The number of rotatable bonds is 9. The van der Waals surface area contributed by atoms with Crippen molar-refractivity contribution in [3.63, 3.8) is 0 Å². The third-order valence-electron chi connectivity index (χ3n) is 5.31. The highest BCUT2D eigenvalue weighted by Crippen LogP contribution is 2.43. The molecule has 8 heteroatoms. The molecule has 0 saturated carbocycles. The van der Waals surface area contributed by atoms with E-state index in [1.165, 1.54) is 0 Å². The first-order chi connectivity index (χ1) is 13.9. The fourth-order valence-corrected chi connectivity index (χ4v) is 3.74. The van der Waals surface area contributed by atoms with Crippen molar-refractivity contribution in [1.82, 2.24) is 4.90 Å². The molecule has 0 aliphatic carbocycles. The van der Waals surface area contributed by atoms with Crippen LogP contribution in [0.25, 0.3) is 0 Å². The second kappa shape index (κ2) is 9.53. The van der Waals surface area contributed by atoms with Gasteiger partial charge in [0.15, 0.2) is 0 Å². The van der Waals surface area contributed by atoms with E-state index in [0.29, 0.717) is 18.7 Å². The molecular formula is C22H28F3NO4. The number of carboxylic acids is 1. The van der Waals surface area contributed by atoms with Gasteiger partial charge in [0.05, 0.1) is 13.0 Å². The Kier molecular flexibility index (Phi) is 7.55. The Balaban J connectivity index is 2.18. The van der Waals surface area contributed by atoms with Crippen LogP contribution in [0, 0.1) is 5.92 Å².